The van der Waals surface area contributed by atoms with Crippen molar-refractivity contribution in [2.75, 3.05) is 6.61 Å². The number of rotatable bonds is 9. The number of allylic oxidation sites excluding steroid dienone is 1. The number of ether oxygens (including phenoxy) is 2. The van der Waals surface area contributed by atoms with Crippen molar-refractivity contribution >= 4 is 17.8 Å². The first-order chi connectivity index (χ1) is 15.7. The second-order valence-electron chi connectivity index (χ2n) is 10.8. The molecule has 2 aliphatic rings. The third kappa shape index (κ3) is 6.96. The minimum absolute atomic E-state index is 0.0549. The highest BCUT2D eigenvalue weighted by Crippen LogP contribution is 2.39. The molecule has 0 radical (unpaired) electrons. The minimum atomic E-state index is -0.0549. The van der Waals surface area contributed by atoms with Crippen LogP contribution in [0.5, 0.6) is 0 Å². The van der Waals surface area contributed by atoms with Crippen LogP contribution >= 0.6 is 0 Å². The predicted molar refractivity (Wildman–Crippen MR) is 136 cm³/mol. The Morgan fingerprint density at radius 3 is 2.48 bits per heavy atom. The average molecular weight is 454 g/mol. The normalized spacial score (nSPS) is 25.5. The SMILES string of the molecule is C=C(O[C@H]1CC[C@H](C(C)(C)C)CC1)c1ccc(CNC2CC(C(=O)OCC)C2)cc1/C=C\C. The fourth-order valence-electron chi connectivity index (χ4n) is 5.10. The second-order valence-corrected chi connectivity index (χ2v) is 10.8. The van der Waals surface area contributed by atoms with E-state index in [1.807, 2.05) is 13.8 Å². The summed E-state index contributed by atoms with van der Waals surface area (Å²) in [4.78, 5) is 11.8. The van der Waals surface area contributed by atoms with Crippen LogP contribution in [-0.2, 0) is 20.8 Å². The van der Waals surface area contributed by atoms with Gasteiger partial charge in [-0.25, -0.2) is 0 Å². The fraction of sp³-hybridized carbons (Fsp3) is 0.621. The summed E-state index contributed by atoms with van der Waals surface area (Å²) in [6, 6.07) is 6.89. The van der Waals surface area contributed by atoms with Gasteiger partial charge in [0, 0.05) is 18.2 Å². The van der Waals surface area contributed by atoms with E-state index in [0.717, 1.165) is 55.0 Å². The second kappa shape index (κ2) is 11.4. The van der Waals surface area contributed by atoms with Crippen molar-refractivity contribution in [1.82, 2.24) is 5.32 Å². The summed E-state index contributed by atoms with van der Waals surface area (Å²) >= 11 is 0. The number of esters is 1. The Labute approximate surface area is 200 Å². The Morgan fingerprint density at radius 1 is 1.18 bits per heavy atom. The molecule has 2 fully saturated rings. The molecular weight excluding hydrogens is 410 g/mol. The van der Waals surface area contributed by atoms with E-state index in [0.29, 0.717) is 18.1 Å². The van der Waals surface area contributed by atoms with Crippen LogP contribution in [0.2, 0.25) is 0 Å². The predicted octanol–water partition coefficient (Wildman–Crippen LogP) is 6.74. The van der Waals surface area contributed by atoms with Crippen molar-refractivity contribution in [1.29, 1.82) is 0 Å². The molecule has 2 saturated carbocycles. The molecule has 0 amide bonds. The van der Waals surface area contributed by atoms with Gasteiger partial charge >= 0.3 is 5.97 Å². The number of carbonyl (C=O) groups excluding carboxylic acids is 1. The van der Waals surface area contributed by atoms with E-state index in [1.54, 1.807) is 0 Å². The van der Waals surface area contributed by atoms with E-state index in [-0.39, 0.29) is 18.0 Å². The van der Waals surface area contributed by atoms with Gasteiger partial charge in [0.2, 0.25) is 0 Å². The highest BCUT2D eigenvalue weighted by Gasteiger charge is 2.35. The lowest BCUT2D eigenvalue weighted by molar-refractivity contribution is -0.151. The summed E-state index contributed by atoms with van der Waals surface area (Å²) in [5, 5.41) is 3.58. The van der Waals surface area contributed by atoms with Crippen LogP contribution in [0.4, 0.5) is 0 Å². The molecule has 1 aromatic rings. The van der Waals surface area contributed by atoms with Gasteiger partial charge < -0.3 is 14.8 Å². The molecule has 0 unspecified atom stereocenters. The molecule has 1 N–H and O–H groups in total. The van der Waals surface area contributed by atoms with Gasteiger partial charge in [-0.3, -0.25) is 4.79 Å². The molecule has 182 valence electrons. The van der Waals surface area contributed by atoms with Crippen molar-refractivity contribution in [2.24, 2.45) is 17.3 Å². The third-order valence-corrected chi connectivity index (χ3v) is 7.32. The van der Waals surface area contributed by atoms with E-state index < -0.39 is 0 Å². The van der Waals surface area contributed by atoms with E-state index in [9.17, 15) is 4.79 Å². The fourth-order valence-corrected chi connectivity index (χ4v) is 5.10. The molecule has 0 spiro atoms. The number of hydrogen-bond donors (Lipinski definition) is 1. The number of benzene rings is 1. The zero-order valence-corrected chi connectivity index (χ0v) is 21.3. The molecule has 0 aliphatic heterocycles. The van der Waals surface area contributed by atoms with Crippen molar-refractivity contribution < 1.29 is 14.3 Å². The maximum Gasteiger partial charge on any atom is 0.309 e. The van der Waals surface area contributed by atoms with Crippen molar-refractivity contribution in [2.45, 2.75) is 91.8 Å². The molecule has 2 aliphatic carbocycles. The lowest BCUT2D eigenvalue weighted by Crippen LogP contribution is -2.44. The van der Waals surface area contributed by atoms with Crippen LogP contribution in [0.3, 0.4) is 0 Å². The molecule has 4 heteroatoms. The smallest absolute Gasteiger partial charge is 0.309 e. The summed E-state index contributed by atoms with van der Waals surface area (Å²) in [6.45, 7) is 16.5. The maximum absolute atomic E-state index is 11.8. The number of nitrogens with one attached hydrogen (secondary N) is 1. The van der Waals surface area contributed by atoms with Crippen molar-refractivity contribution in [3.63, 3.8) is 0 Å². The first-order valence-electron chi connectivity index (χ1n) is 12.7. The minimum Gasteiger partial charge on any atom is -0.490 e. The van der Waals surface area contributed by atoms with E-state index in [4.69, 9.17) is 9.47 Å². The zero-order valence-electron chi connectivity index (χ0n) is 21.3. The molecule has 0 heterocycles. The largest absolute Gasteiger partial charge is 0.490 e. The highest BCUT2D eigenvalue weighted by molar-refractivity contribution is 5.73. The Kier molecular flexibility index (Phi) is 8.81. The van der Waals surface area contributed by atoms with E-state index in [2.05, 4.69) is 63.0 Å². The maximum atomic E-state index is 11.8. The molecule has 3 rings (SSSR count). The molecule has 33 heavy (non-hydrogen) atoms. The van der Waals surface area contributed by atoms with Gasteiger partial charge in [0.25, 0.3) is 0 Å². The van der Waals surface area contributed by atoms with Gasteiger partial charge in [-0.15, -0.1) is 0 Å². The Balaban J connectivity index is 1.53. The lowest BCUT2D eigenvalue weighted by Gasteiger charge is -2.37. The highest BCUT2D eigenvalue weighted by atomic mass is 16.5. The lowest BCUT2D eigenvalue weighted by atomic mass is 9.72. The summed E-state index contributed by atoms with van der Waals surface area (Å²) in [5.74, 6) is 1.56. The van der Waals surface area contributed by atoms with Crippen molar-refractivity contribution in [3.05, 3.63) is 47.5 Å². The van der Waals surface area contributed by atoms with Crippen LogP contribution < -0.4 is 5.32 Å². The summed E-state index contributed by atoms with van der Waals surface area (Å²) in [7, 11) is 0. The standard InChI is InChI=1S/C29H43NO3/c1-7-9-22-16-21(19-30-25-17-23(18-25)28(31)32-8-2)10-15-27(22)20(3)33-26-13-11-24(12-14-26)29(4,5)6/h7,9-10,15-16,23-26,30H,3,8,11-14,17-19H2,1-2,4-6H3/b9-7-/t23?,24-,25?,26-. The topological polar surface area (TPSA) is 47.6 Å². The molecule has 0 saturated heterocycles. The van der Waals surface area contributed by atoms with Gasteiger partial charge in [-0.05, 0) is 80.9 Å². The zero-order chi connectivity index (χ0) is 24.0. The monoisotopic (exact) mass is 453 g/mol. The average Bonchev–Trinajstić information content (AvgIpc) is 2.73. The number of hydrogen-bond acceptors (Lipinski definition) is 4. The van der Waals surface area contributed by atoms with Gasteiger partial charge in [-0.1, -0.05) is 51.6 Å². The van der Waals surface area contributed by atoms with E-state index in [1.165, 1.54) is 18.4 Å². The van der Waals surface area contributed by atoms with Crippen molar-refractivity contribution in [3.8, 4) is 0 Å². The summed E-state index contributed by atoms with van der Waals surface area (Å²) in [6.07, 6.45) is 10.9. The van der Waals surface area contributed by atoms with Gasteiger partial charge in [0.15, 0.2) is 0 Å². The van der Waals surface area contributed by atoms with Crippen LogP contribution in [0, 0.1) is 17.3 Å². The molecule has 0 bridgehead atoms. The Morgan fingerprint density at radius 2 is 1.88 bits per heavy atom. The van der Waals surface area contributed by atoms with Crippen LogP contribution in [-0.4, -0.2) is 24.7 Å². The van der Waals surface area contributed by atoms with Crippen LogP contribution in [0.1, 0.15) is 89.8 Å². The first-order valence-corrected chi connectivity index (χ1v) is 12.7. The van der Waals surface area contributed by atoms with Crippen LogP contribution in [0.15, 0.2) is 30.9 Å². The molecule has 0 atom stereocenters. The quantitative estimate of drug-likeness (QED) is 0.332. The molecular formula is C29H43NO3. The Bertz CT molecular complexity index is 837. The summed E-state index contributed by atoms with van der Waals surface area (Å²) in [5.41, 5.74) is 3.82. The Hall–Kier alpha value is -2.07. The van der Waals surface area contributed by atoms with Crippen LogP contribution in [0.25, 0.3) is 11.8 Å². The van der Waals surface area contributed by atoms with Gasteiger partial charge in [-0.2, -0.15) is 0 Å². The third-order valence-electron chi connectivity index (χ3n) is 7.32. The van der Waals surface area contributed by atoms with E-state index >= 15 is 0 Å². The number of carbonyl (C=O) groups is 1. The first kappa shape index (κ1) is 25.6. The molecule has 4 nitrogen and oxygen atoms in total. The van der Waals surface area contributed by atoms with Gasteiger partial charge in [0.1, 0.15) is 5.76 Å². The van der Waals surface area contributed by atoms with Gasteiger partial charge in [0.05, 0.1) is 18.6 Å². The molecule has 1 aromatic carbocycles. The summed E-state index contributed by atoms with van der Waals surface area (Å²) < 4.78 is 11.5. The molecule has 0 aromatic heterocycles.